The third kappa shape index (κ3) is 4.43. The molecule has 0 spiro atoms. The molecule has 0 radical (unpaired) electrons. The van der Waals surface area contributed by atoms with Gasteiger partial charge in [-0.2, -0.15) is 0 Å². The van der Waals surface area contributed by atoms with E-state index in [2.05, 4.69) is 44.8 Å². The predicted octanol–water partition coefficient (Wildman–Crippen LogP) is 3.02. The second-order valence-corrected chi connectivity index (χ2v) is 7.39. The quantitative estimate of drug-likeness (QED) is 0.840. The van der Waals surface area contributed by atoms with Gasteiger partial charge in [0.15, 0.2) is 5.13 Å². The van der Waals surface area contributed by atoms with E-state index in [0.29, 0.717) is 6.04 Å². The van der Waals surface area contributed by atoms with Crippen LogP contribution in [-0.2, 0) is 16.7 Å². The first-order valence-corrected chi connectivity index (χ1v) is 8.03. The molecular weight excluding hydrogens is 270 g/mol. The minimum Gasteiger partial charge on any atom is -0.383 e. The van der Waals surface area contributed by atoms with Gasteiger partial charge in [-0.05, 0) is 20.9 Å². The van der Waals surface area contributed by atoms with Crippen LogP contribution in [0.25, 0.3) is 0 Å². The normalized spacial score (nSPS) is 12.2. The SMILES string of the molecule is CNCc1sc(N(CCOC)C(C)C)nc1C(C)(C)C. The van der Waals surface area contributed by atoms with Crippen LogP contribution in [0.5, 0.6) is 0 Å². The molecule has 0 saturated carbocycles. The molecule has 20 heavy (non-hydrogen) atoms. The van der Waals surface area contributed by atoms with Crippen molar-refractivity contribution < 1.29 is 4.74 Å². The standard InChI is InChI=1S/C15H29N3OS/c1-11(2)18(8-9-19-7)14-17-13(15(3,4)5)12(20-14)10-16-6/h11,16H,8-10H2,1-7H3. The maximum absolute atomic E-state index is 5.22. The molecule has 5 heteroatoms. The fraction of sp³-hybridized carbons (Fsp3) is 0.800. The van der Waals surface area contributed by atoms with Crippen molar-refractivity contribution in [3.63, 3.8) is 0 Å². The van der Waals surface area contributed by atoms with Crippen molar-refractivity contribution >= 4 is 16.5 Å². The summed E-state index contributed by atoms with van der Waals surface area (Å²) >= 11 is 1.79. The molecule has 1 aromatic heterocycles. The van der Waals surface area contributed by atoms with Crippen LogP contribution in [0, 0.1) is 0 Å². The van der Waals surface area contributed by atoms with Crippen molar-refractivity contribution in [2.75, 3.05) is 32.2 Å². The lowest BCUT2D eigenvalue weighted by Crippen LogP contribution is -2.33. The molecule has 0 bridgehead atoms. The molecule has 1 heterocycles. The van der Waals surface area contributed by atoms with Gasteiger partial charge in [-0.25, -0.2) is 4.98 Å². The molecule has 0 atom stereocenters. The molecule has 0 amide bonds. The van der Waals surface area contributed by atoms with Crippen molar-refractivity contribution in [1.82, 2.24) is 10.3 Å². The number of methoxy groups -OCH3 is 1. The highest BCUT2D eigenvalue weighted by Crippen LogP contribution is 2.34. The topological polar surface area (TPSA) is 37.4 Å². The molecule has 1 rings (SSSR count). The first-order chi connectivity index (χ1) is 9.31. The lowest BCUT2D eigenvalue weighted by molar-refractivity contribution is 0.204. The molecule has 0 aliphatic rings. The van der Waals surface area contributed by atoms with Crippen LogP contribution in [0.1, 0.15) is 45.2 Å². The lowest BCUT2D eigenvalue weighted by atomic mass is 9.91. The summed E-state index contributed by atoms with van der Waals surface area (Å²) in [4.78, 5) is 8.58. The fourth-order valence-corrected chi connectivity index (χ4v) is 3.53. The highest BCUT2D eigenvalue weighted by molar-refractivity contribution is 7.15. The van der Waals surface area contributed by atoms with Gasteiger partial charge < -0.3 is 15.0 Å². The average Bonchev–Trinajstić information content (AvgIpc) is 2.73. The summed E-state index contributed by atoms with van der Waals surface area (Å²) in [7, 11) is 3.73. The molecule has 1 aromatic rings. The summed E-state index contributed by atoms with van der Waals surface area (Å²) in [5.41, 5.74) is 1.28. The second-order valence-electron chi connectivity index (χ2n) is 6.33. The Bertz CT molecular complexity index is 410. The molecule has 4 nitrogen and oxygen atoms in total. The van der Waals surface area contributed by atoms with Gasteiger partial charge in [-0.3, -0.25) is 0 Å². The van der Waals surface area contributed by atoms with E-state index in [4.69, 9.17) is 9.72 Å². The maximum atomic E-state index is 5.22. The number of thiazole rings is 1. The first-order valence-electron chi connectivity index (χ1n) is 7.21. The molecule has 0 fully saturated rings. The van der Waals surface area contributed by atoms with Crippen LogP contribution in [-0.4, -0.2) is 38.3 Å². The summed E-state index contributed by atoms with van der Waals surface area (Å²) in [6.45, 7) is 13.5. The monoisotopic (exact) mass is 299 g/mol. The predicted molar refractivity (Wildman–Crippen MR) is 87.9 cm³/mol. The molecule has 0 aromatic carbocycles. The Hall–Kier alpha value is -0.650. The van der Waals surface area contributed by atoms with Crippen LogP contribution in [0.15, 0.2) is 0 Å². The zero-order chi connectivity index (χ0) is 15.3. The third-order valence-electron chi connectivity index (χ3n) is 3.14. The molecule has 0 aliphatic heterocycles. The summed E-state index contributed by atoms with van der Waals surface area (Å²) in [5, 5.41) is 4.35. The highest BCUT2D eigenvalue weighted by atomic mass is 32.1. The van der Waals surface area contributed by atoms with E-state index in [1.54, 1.807) is 18.4 Å². The van der Waals surface area contributed by atoms with E-state index < -0.39 is 0 Å². The zero-order valence-corrected chi connectivity index (χ0v) is 14.7. The van der Waals surface area contributed by atoms with Crippen LogP contribution < -0.4 is 10.2 Å². The number of rotatable bonds is 7. The van der Waals surface area contributed by atoms with E-state index in [1.165, 1.54) is 10.6 Å². The summed E-state index contributed by atoms with van der Waals surface area (Å²) < 4.78 is 5.22. The number of nitrogens with one attached hydrogen (secondary N) is 1. The van der Waals surface area contributed by atoms with Crippen molar-refractivity contribution in [2.24, 2.45) is 0 Å². The molecule has 0 aliphatic carbocycles. The van der Waals surface area contributed by atoms with Crippen LogP contribution in [0.3, 0.4) is 0 Å². The van der Waals surface area contributed by atoms with Crippen molar-refractivity contribution in [2.45, 2.75) is 52.6 Å². The van der Waals surface area contributed by atoms with Crippen molar-refractivity contribution in [3.8, 4) is 0 Å². The van der Waals surface area contributed by atoms with E-state index in [1.807, 2.05) is 7.05 Å². The smallest absolute Gasteiger partial charge is 0.186 e. The third-order valence-corrected chi connectivity index (χ3v) is 4.23. The fourth-order valence-electron chi connectivity index (χ4n) is 2.09. The molecule has 0 unspecified atom stereocenters. The van der Waals surface area contributed by atoms with E-state index in [-0.39, 0.29) is 5.41 Å². The van der Waals surface area contributed by atoms with E-state index in [9.17, 15) is 0 Å². The first kappa shape index (κ1) is 17.4. The lowest BCUT2D eigenvalue weighted by Gasteiger charge is -2.26. The van der Waals surface area contributed by atoms with Gasteiger partial charge in [0.2, 0.25) is 0 Å². The summed E-state index contributed by atoms with van der Waals surface area (Å²) in [6, 6.07) is 0.423. The summed E-state index contributed by atoms with van der Waals surface area (Å²) in [6.07, 6.45) is 0. The molecular formula is C15H29N3OS. The number of anilines is 1. The Morgan fingerprint density at radius 2 is 2.00 bits per heavy atom. The van der Waals surface area contributed by atoms with Crippen LogP contribution in [0.4, 0.5) is 5.13 Å². The van der Waals surface area contributed by atoms with Gasteiger partial charge in [-0.15, -0.1) is 11.3 Å². The molecule has 0 saturated heterocycles. The Kier molecular flexibility index (Phi) is 6.43. The minimum atomic E-state index is 0.0742. The number of hydrogen-bond donors (Lipinski definition) is 1. The maximum Gasteiger partial charge on any atom is 0.186 e. The number of hydrogen-bond acceptors (Lipinski definition) is 5. The van der Waals surface area contributed by atoms with E-state index in [0.717, 1.165) is 24.8 Å². The highest BCUT2D eigenvalue weighted by Gasteiger charge is 2.25. The Morgan fingerprint density at radius 3 is 2.45 bits per heavy atom. The van der Waals surface area contributed by atoms with Crippen LogP contribution in [0.2, 0.25) is 0 Å². The van der Waals surface area contributed by atoms with Gasteiger partial charge in [0.25, 0.3) is 0 Å². The minimum absolute atomic E-state index is 0.0742. The second kappa shape index (κ2) is 7.38. The number of aromatic nitrogens is 1. The van der Waals surface area contributed by atoms with Gasteiger partial charge in [0.1, 0.15) is 0 Å². The molecule has 116 valence electrons. The van der Waals surface area contributed by atoms with Crippen molar-refractivity contribution in [1.29, 1.82) is 0 Å². The Morgan fingerprint density at radius 1 is 1.35 bits per heavy atom. The van der Waals surface area contributed by atoms with Gasteiger partial charge >= 0.3 is 0 Å². The van der Waals surface area contributed by atoms with Gasteiger partial charge in [-0.1, -0.05) is 20.8 Å². The Balaban J connectivity index is 3.10. The van der Waals surface area contributed by atoms with Gasteiger partial charge in [0, 0.05) is 36.5 Å². The number of nitrogens with zero attached hydrogens (tertiary/aromatic N) is 2. The summed E-state index contributed by atoms with van der Waals surface area (Å²) in [5.74, 6) is 0. The van der Waals surface area contributed by atoms with E-state index >= 15 is 0 Å². The average molecular weight is 299 g/mol. The zero-order valence-electron chi connectivity index (χ0n) is 13.9. The molecule has 1 N–H and O–H groups in total. The van der Waals surface area contributed by atoms with Crippen molar-refractivity contribution in [3.05, 3.63) is 10.6 Å². The van der Waals surface area contributed by atoms with Crippen LogP contribution >= 0.6 is 11.3 Å². The van der Waals surface area contributed by atoms with Gasteiger partial charge in [0.05, 0.1) is 12.3 Å². The largest absolute Gasteiger partial charge is 0.383 e. The number of ether oxygens (including phenoxy) is 1. The Labute approximate surface area is 127 Å².